The fraction of sp³-hybridized carbons (Fsp3) is 0.0435. The fourth-order valence-corrected chi connectivity index (χ4v) is 4.18. The van der Waals surface area contributed by atoms with Gasteiger partial charge in [-0.1, -0.05) is 63.9 Å². The molecule has 0 spiro atoms. The summed E-state index contributed by atoms with van der Waals surface area (Å²) in [7, 11) is 0. The zero-order valence-electron chi connectivity index (χ0n) is 15.6. The number of thioether (sulfide) groups is 1. The quantitative estimate of drug-likeness (QED) is 0.404. The van der Waals surface area contributed by atoms with Crippen molar-refractivity contribution in [1.82, 2.24) is 5.32 Å². The maximum absolute atomic E-state index is 12.4. The van der Waals surface area contributed by atoms with E-state index in [1.807, 2.05) is 72.8 Å². The number of hydrogen-bond donors (Lipinski definition) is 1. The van der Waals surface area contributed by atoms with Crippen molar-refractivity contribution < 1.29 is 9.53 Å². The summed E-state index contributed by atoms with van der Waals surface area (Å²) in [4.78, 5) is 17.5. The number of carbonyl (C=O) groups excluding carboxylic acids is 1. The molecule has 0 saturated carbocycles. The lowest BCUT2D eigenvalue weighted by Gasteiger charge is -2.11. The molecule has 1 heterocycles. The van der Waals surface area contributed by atoms with Crippen LogP contribution in [0.4, 0.5) is 5.69 Å². The predicted octanol–water partition coefficient (Wildman–Crippen LogP) is 6.57. The Bertz CT molecular complexity index is 1150. The number of ether oxygens (including phenoxy) is 1. The molecule has 30 heavy (non-hydrogen) atoms. The number of nitrogens with one attached hydrogen (secondary N) is 1. The van der Waals surface area contributed by atoms with Crippen LogP contribution in [-0.2, 0) is 11.4 Å². The molecular weight excluding hydrogens is 484 g/mol. The van der Waals surface area contributed by atoms with Crippen molar-refractivity contribution in [3.05, 3.63) is 98.3 Å². The van der Waals surface area contributed by atoms with Crippen LogP contribution in [0.25, 0.3) is 6.08 Å². The number of carbonyl (C=O) groups is 1. The minimum absolute atomic E-state index is 0.188. The number of amidine groups is 1. The van der Waals surface area contributed by atoms with Gasteiger partial charge in [-0.05, 0) is 54.2 Å². The molecule has 1 amide bonds. The first kappa shape index (κ1) is 20.7. The van der Waals surface area contributed by atoms with Gasteiger partial charge in [0, 0.05) is 20.6 Å². The van der Waals surface area contributed by atoms with Gasteiger partial charge in [-0.2, -0.15) is 0 Å². The van der Waals surface area contributed by atoms with Crippen molar-refractivity contribution in [3.8, 4) is 5.75 Å². The third kappa shape index (κ3) is 5.14. The molecule has 4 rings (SSSR count). The van der Waals surface area contributed by atoms with E-state index in [2.05, 4.69) is 26.2 Å². The number of aliphatic imine (C=N–C) groups is 1. The standard InChI is InChI=1S/C23H16BrClN2O2S/c24-17-10-11-20(29-14-15-6-4-5-9-19(15)25)16(12-17)13-21-22(28)27-23(30-21)26-18-7-2-1-3-8-18/h1-13H,14H2,(H,26,27,28). The lowest BCUT2D eigenvalue weighted by molar-refractivity contribution is -0.115. The molecule has 7 heteroatoms. The highest BCUT2D eigenvalue weighted by molar-refractivity contribution is 9.10. The SMILES string of the molecule is O=C1NC(=Nc2ccccc2)SC1=Cc1cc(Br)ccc1OCc1ccccc1Cl. The van der Waals surface area contributed by atoms with Crippen LogP contribution >= 0.6 is 39.3 Å². The first-order valence-electron chi connectivity index (χ1n) is 9.09. The normalized spacial score (nSPS) is 16.1. The van der Waals surface area contributed by atoms with Crippen molar-refractivity contribution in [2.24, 2.45) is 4.99 Å². The van der Waals surface area contributed by atoms with Crippen LogP contribution in [0.2, 0.25) is 5.02 Å². The molecule has 4 nitrogen and oxygen atoms in total. The molecule has 1 aliphatic heterocycles. The minimum Gasteiger partial charge on any atom is -0.488 e. The lowest BCUT2D eigenvalue weighted by atomic mass is 10.2. The molecule has 0 bridgehead atoms. The summed E-state index contributed by atoms with van der Waals surface area (Å²) in [5, 5.41) is 4.01. The Kier molecular flexibility index (Phi) is 6.57. The van der Waals surface area contributed by atoms with Crippen molar-refractivity contribution >= 4 is 62.1 Å². The Labute approximate surface area is 192 Å². The highest BCUT2D eigenvalue weighted by atomic mass is 79.9. The summed E-state index contributed by atoms with van der Waals surface area (Å²) >= 11 is 11.0. The highest BCUT2D eigenvalue weighted by Crippen LogP contribution is 2.32. The Balaban J connectivity index is 1.57. The van der Waals surface area contributed by atoms with Gasteiger partial charge in [0.15, 0.2) is 5.17 Å². The van der Waals surface area contributed by atoms with Crippen LogP contribution in [0, 0.1) is 0 Å². The Morgan fingerprint density at radius 3 is 2.63 bits per heavy atom. The molecular formula is C23H16BrClN2O2S. The molecule has 0 unspecified atom stereocenters. The summed E-state index contributed by atoms with van der Waals surface area (Å²) in [5.41, 5.74) is 2.47. The largest absolute Gasteiger partial charge is 0.488 e. The van der Waals surface area contributed by atoms with Crippen LogP contribution in [0.5, 0.6) is 5.75 Å². The maximum atomic E-state index is 12.4. The third-order valence-corrected chi connectivity index (χ3v) is 6.01. The van der Waals surface area contributed by atoms with E-state index in [1.54, 1.807) is 6.08 Å². The van der Waals surface area contributed by atoms with Gasteiger partial charge in [0.2, 0.25) is 0 Å². The van der Waals surface area contributed by atoms with Crippen LogP contribution in [-0.4, -0.2) is 11.1 Å². The maximum Gasteiger partial charge on any atom is 0.264 e. The van der Waals surface area contributed by atoms with Crippen LogP contribution < -0.4 is 10.1 Å². The van der Waals surface area contributed by atoms with E-state index in [9.17, 15) is 4.79 Å². The minimum atomic E-state index is -0.188. The van der Waals surface area contributed by atoms with Gasteiger partial charge in [-0.3, -0.25) is 4.79 Å². The van der Waals surface area contributed by atoms with Gasteiger partial charge in [0.25, 0.3) is 5.91 Å². The van der Waals surface area contributed by atoms with E-state index in [0.29, 0.717) is 27.5 Å². The van der Waals surface area contributed by atoms with E-state index in [1.165, 1.54) is 11.8 Å². The lowest BCUT2D eigenvalue weighted by Crippen LogP contribution is -2.19. The number of hydrogen-bond acceptors (Lipinski definition) is 4. The number of rotatable bonds is 5. The summed E-state index contributed by atoms with van der Waals surface area (Å²) in [6, 6.07) is 22.7. The van der Waals surface area contributed by atoms with E-state index in [4.69, 9.17) is 16.3 Å². The number of para-hydroxylation sites is 1. The molecule has 0 aromatic heterocycles. The Morgan fingerprint density at radius 1 is 1.07 bits per heavy atom. The number of nitrogens with zero attached hydrogens (tertiary/aromatic N) is 1. The Morgan fingerprint density at radius 2 is 1.83 bits per heavy atom. The van der Waals surface area contributed by atoms with Gasteiger partial charge in [0.05, 0.1) is 10.6 Å². The first-order chi connectivity index (χ1) is 14.6. The molecule has 0 atom stereocenters. The second-order valence-corrected chi connectivity index (χ2v) is 8.73. The van der Waals surface area contributed by atoms with Crippen molar-refractivity contribution in [3.63, 3.8) is 0 Å². The first-order valence-corrected chi connectivity index (χ1v) is 11.1. The number of halogens is 2. The van der Waals surface area contributed by atoms with Gasteiger partial charge < -0.3 is 10.1 Å². The third-order valence-electron chi connectivity index (χ3n) is 4.24. The van der Waals surface area contributed by atoms with Gasteiger partial charge in [-0.15, -0.1) is 0 Å². The second-order valence-electron chi connectivity index (χ2n) is 6.38. The summed E-state index contributed by atoms with van der Waals surface area (Å²) in [6.07, 6.45) is 1.81. The zero-order chi connectivity index (χ0) is 20.9. The van der Waals surface area contributed by atoms with E-state index in [-0.39, 0.29) is 5.91 Å². The van der Waals surface area contributed by atoms with E-state index in [0.717, 1.165) is 21.3 Å². The zero-order valence-corrected chi connectivity index (χ0v) is 18.8. The average Bonchev–Trinajstić information content (AvgIpc) is 3.08. The average molecular weight is 500 g/mol. The molecule has 1 saturated heterocycles. The molecule has 1 fully saturated rings. The molecule has 3 aromatic carbocycles. The molecule has 1 aliphatic rings. The van der Waals surface area contributed by atoms with Crippen molar-refractivity contribution in [1.29, 1.82) is 0 Å². The van der Waals surface area contributed by atoms with Crippen LogP contribution in [0.15, 0.2) is 87.2 Å². The van der Waals surface area contributed by atoms with Crippen molar-refractivity contribution in [2.45, 2.75) is 6.61 Å². The fourth-order valence-electron chi connectivity index (χ4n) is 2.78. The Hall–Kier alpha value is -2.54. The van der Waals surface area contributed by atoms with Gasteiger partial charge >= 0.3 is 0 Å². The monoisotopic (exact) mass is 498 g/mol. The highest BCUT2D eigenvalue weighted by Gasteiger charge is 2.24. The van der Waals surface area contributed by atoms with Gasteiger partial charge in [0.1, 0.15) is 12.4 Å². The number of benzene rings is 3. The second kappa shape index (κ2) is 9.51. The molecule has 0 radical (unpaired) electrons. The van der Waals surface area contributed by atoms with Gasteiger partial charge in [-0.25, -0.2) is 4.99 Å². The van der Waals surface area contributed by atoms with Crippen molar-refractivity contribution in [2.75, 3.05) is 0 Å². The summed E-state index contributed by atoms with van der Waals surface area (Å²) in [6.45, 7) is 0.331. The van der Waals surface area contributed by atoms with Crippen LogP contribution in [0.3, 0.4) is 0 Å². The molecule has 150 valence electrons. The van der Waals surface area contributed by atoms with E-state index >= 15 is 0 Å². The van der Waals surface area contributed by atoms with Crippen LogP contribution in [0.1, 0.15) is 11.1 Å². The topological polar surface area (TPSA) is 50.7 Å². The predicted molar refractivity (Wildman–Crippen MR) is 127 cm³/mol. The molecule has 1 N–H and O–H groups in total. The smallest absolute Gasteiger partial charge is 0.264 e. The molecule has 3 aromatic rings. The van der Waals surface area contributed by atoms with E-state index < -0.39 is 0 Å². The number of amides is 1. The summed E-state index contributed by atoms with van der Waals surface area (Å²) in [5.74, 6) is 0.471. The molecule has 0 aliphatic carbocycles. The summed E-state index contributed by atoms with van der Waals surface area (Å²) < 4.78 is 6.90.